The fourth-order valence-electron chi connectivity index (χ4n) is 2.55. The van der Waals surface area contributed by atoms with Crippen LogP contribution in [0.15, 0.2) is 17.0 Å². The van der Waals surface area contributed by atoms with Gasteiger partial charge in [0.15, 0.2) is 0 Å². The van der Waals surface area contributed by atoms with E-state index in [9.17, 15) is 12.8 Å². The van der Waals surface area contributed by atoms with Crippen LogP contribution < -0.4 is 0 Å². The summed E-state index contributed by atoms with van der Waals surface area (Å²) < 4.78 is 40.5. The third kappa shape index (κ3) is 3.27. The maximum atomic E-state index is 13.7. The monoisotopic (exact) mass is 315 g/mol. The first-order valence-corrected chi connectivity index (χ1v) is 8.51. The minimum Gasteiger partial charge on any atom is -0.392 e. The van der Waals surface area contributed by atoms with Gasteiger partial charge in [-0.25, -0.2) is 12.8 Å². The molecule has 1 aliphatic rings. The molecular formula is C15H22FNO3S. The first kappa shape index (κ1) is 16.4. The van der Waals surface area contributed by atoms with Crippen molar-refractivity contribution in [2.45, 2.75) is 45.1 Å². The van der Waals surface area contributed by atoms with Crippen molar-refractivity contribution < 1.29 is 17.9 Å². The van der Waals surface area contributed by atoms with Crippen molar-refractivity contribution in [2.75, 3.05) is 13.1 Å². The second-order valence-electron chi connectivity index (χ2n) is 6.44. The lowest BCUT2D eigenvalue weighted by atomic mass is 9.83. The SMILES string of the molecule is Cc1cc(S(=O)(=O)N2CCC(C)(C)CC2)cc(CO)c1F. The number of halogens is 1. The fourth-order valence-corrected chi connectivity index (χ4v) is 4.13. The minimum atomic E-state index is -3.63. The molecule has 21 heavy (non-hydrogen) atoms. The van der Waals surface area contributed by atoms with Gasteiger partial charge in [0.1, 0.15) is 5.82 Å². The van der Waals surface area contributed by atoms with Gasteiger partial charge in [0, 0.05) is 18.7 Å². The van der Waals surface area contributed by atoms with Crippen molar-refractivity contribution in [2.24, 2.45) is 5.41 Å². The molecule has 0 saturated carbocycles. The van der Waals surface area contributed by atoms with Gasteiger partial charge < -0.3 is 5.11 Å². The molecule has 0 aliphatic carbocycles. The van der Waals surface area contributed by atoms with E-state index in [-0.39, 0.29) is 21.4 Å². The smallest absolute Gasteiger partial charge is 0.243 e. The zero-order valence-corrected chi connectivity index (χ0v) is 13.5. The zero-order valence-electron chi connectivity index (χ0n) is 12.7. The Labute approximate surface area is 125 Å². The van der Waals surface area contributed by atoms with Crippen molar-refractivity contribution in [1.82, 2.24) is 4.31 Å². The first-order chi connectivity index (χ1) is 9.67. The Kier molecular flexibility index (Phi) is 4.42. The second kappa shape index (κ2) is 5.66. The summed E-state index contributed by atoms with van der Waals surface area (Å²) in [5.41, 5.74) is 0.407. The van der Waals surface area contributed by atoms with Crippen LogP contribution in [0.5, 0.6) is 0 Å². The zero-order chi connectivity index (χ0) is 15.8. The fraction of sp³-hybridized carbons (Fsp3) is 0.600. The lowest BCUT2D eigenvalue weighted by molar-refractivity contribution is 0.196. The summed E-state index contributed by atoms with van der Waals surface area (Å²) >= 11 is 0. The standard InChI is InChI=1S/C15H22FNO3S/c1-11-8-13(9-12(10-18)14(11)16)21(19,20)17-6-4-15(2,3)5-7-17/h8-9,18H,4-7,10H2,1-3H3. The van der Waals surface area contributed by atoms with Gasteiger partial charge in [-0.3, -0.25) is 0 Å². The van der Waals surface area contributed by atoms with Crippen LogP contribution in [0.25, 0.3) is 0 Å². The average molecular weight is 315 g/mol. The molecule has 0 amide bonds. The number of aryl methyl sites for hydroxylation is 1. The number of nitrogens with zero attached hydrogens (tertiary/aromatic N) is 1. The van der Waals surface area contributed by atoms with E-state index in [1.54, 1.807) is 0 Å². The van der Waals surface area contributed by atoms with Gasteiger partial charge in [-0.15, -0.1) is 0 Å². The molecule has 0 aromatic heterocycles. The highest BCUT2D eigenvalue weighted by Crippen LogP contribution is 2.33. The van der Waals surface area contributed by atoms with Crippen molar-refractivity contribution in [3.8, 4) is 0 Å². The van der Waals surface area contributed by atoms with E-state index < -0.39 is 22.4 Å². The molecule has 1 aliphatic heterocycles. The minimum absolute atomic E-state index is 0.0194. The Morgan fingerprint density at radius 1 is 1.29 bits per heavy atom. The Morgan fingerprint density at radius 3 is 2.38 bits per heavy atom. The maximum absolute atomic E-state index is 13.7. The van der Waals surface area contributed by atoms with Crippen LogP contribution in [-0.2, 0) is 16.6 Å². The van der Waals surface area contributed by atoms with Gasteiger partial charge in [-0.1, -0.05) is 13.8 Å². The number of benzene rings is 1. The van der Waals surface area contributed by atoms with Crippen LogP contribution in [0.1, 0.15) is 37.8 Å². The highest BCUT2D eigenvalue weighted by Gasteiger charge is 2.33. The summed E-state index contributed by atoms with van der Waals surface area (Å²) in [5.74, 6) is -0.545. The molecule has 1 fully saturated rings. The topological polar surface area (TPSA) is 57.6 Å². The first-order valence-electron chi connectivity index (χ1n) is 7.07. The van der Waals surface area contributed by atoms with E-state index in [0.29, 0.717) is 13.1 Å². The van der Waals surface area contributed by atoms with Crippen molar-refractivity contribution in [1.29, 1.82) is 0 Å². The molecule has 1 saturated heterocycles. The number of aliphatic hydroxyl groups is 1. The highest BCUT2D eigenvalue weighted by atomic mass is 32.2. The van der Waals surface area contributed by atoms with Crippen LogP contribution in [0.2, 0.25) is 0 Å². The summed E-state index contributed by atoms with van der Waals surface area (Å²) in [4.78, 5) is 0.0603. The molecule has 0 unspecified atom stereocenters. The van der Waals surface area contributed by atoms with E-state index in [0.717, 1.165) is 12.8 Å². The predicted molar refractivity (Wildman–Crippen MR) is 78.8 cm³/mol. The lowest BCUT2D eigenvalue weighted by Gasteiger charge is -2.36. The van der Waals surface area contributed by atoms with E-state index in [2.05, 4.69) is 13.8 Å². The highest BCUT2D eigenvalue weighted by molar-refractivity contribution is 7.89. The maximum Gasteiger partial charge on any atom is 0.243 e. The Morgan fingerprint density at radius 2 is 1.86 bits per heavy atom. The third-order valence-corrected chi connectivity index (χ3v) is 6.06. The molecule has 1 aromatic carbocycles. The molecule has 0 spiro atoms. The molecule has 1 aromatic rings. The third-order valence-electron chi connectivity index (χ3n) is 4.19. The average Bonchev–Trinajstić information content (AvgIpc) is 2.41. The molecule has 0 radical (unpaired) electrons. The number of rotatable bonds is 3. The lowest BCUT2D eigenvalue weighted by Crippen LogP contribution is -2.41. The van der Waals surface area contributed by atoms with Crippen molar-refractivity contribution >= 4 is 10.0 Å². The predicted octanol–water partition coefficient (Wildman–Crippen LogP) is 2.44. The van der Waals surface area contributed by atoms with E-state index >= 15 is 0 Å². The number of hydrogen-bond acceptors (Lipinski definition) is 3. The van der Waals surface area contributed by atoms with Crippen LogP contribution >= 0.6 is 0 Å². The van der Waals surface area contributed by atoms with Gasteiger partial charge in [-0.2, -0.15) is 4.31 Å². The van der Waals surface area contributed by atoms with E-state index in [1.807, 2.05) is 0 Å². The Hall–Kier alpha value is -0.980. The molecule has 1 N–H and O–H groups in total. The molecule has 1 heterocycles. The molecule has 118 valence electrons. The van der Waals surface area contributed by atoms with Gasteiger partial charge in [0.05, 0.1) is 11.5 Å². The summed E-state index contributed by atoms with van der Waals surface area (Å²) in [6.07, 6.45) is 1.61. The molecule has 0 bridgehead atoms. The quantitative estimate of drug-likeness (QED) is 0.932. The number of sulfonamides is 1. The van der Waals surface area contributed by atoms with E-state index in [4.69, 9.17) is 5.11 Å². The normalized spacial score (nSPS) is 19.7. The summed E-state index contributed by atoms with van der Waals surface area (Å²) in [7, 11) is -3.63. The molecule has 0 atom stereocenters. The largest absolute Gasteiger partial charge is 0.392 e. The summed E-state index contributed by atoms with van der Waals surface area (Å²) in [5, 5.41) is 9.16. The molecule has 2 rings (SSSR count). The molecule has 6 heteroatoms. The Bertz CT molecular complexity index is 631. The second-order valence-corrected chi connectivity index (χ2v) is 8.38. The number of hydrogen-bond donors (Lipinski definition) is 1. The van der Waals surface area contributed by atoms with Crippen molar-refractivity contribution in [3.05, 3.63) is 29.1 Å². The van der Waals surface area contributed by atoms with Gasteiger partial charge >= 0.3 is 0 Å². The Balaban J connectivity index is 2.35. The van der Waals surface area contributed by atoms with Crippen LogP contribution in [-0.4, -0.2) is 30.9 Å². The van der Waals surface area contributed by atoms with Crippen molar-refractivity contribution in [3.63, 3.8) is 0 Å². The van der Waals surface area contributed by atoms with Crippen LogP contribution in [0.3, 0.4) is 0 Å². The van der Waals surface area contributed by atoms with Gasteiger partial charge in [-0.05, 0) is 42.9 Å². The number of aliphatic hydroxyl groups excluding tert-OH is 1. The van der Waals surface area contributed by atoms with Crippen LogP contribution in [0.4, 0.5) is 4.39 Å². The molecule has 4 nitrogen and oxygen atoms in total. The summed E-state index contributed by atoms with van der Waals surface area (Å²) in [6, 6.07) is 2.57. The van der Waals surface area contributed by atoms with Crippen LogP contribution in [0, 0.1) is 18.2 Å². The summed E-state index contributed by atoms with van der Waals surface area (Å²) in [6.45, 7) is 6.20. The van der Waals surface area contributed by atoms with E-state index in [1.165, 1.54) is 23.4 Å². The number of piperidine rings is 1. The van der Waals surface area contributed by atoms with Gasteiger partial charge in [0.2, 0.25) is 10.0 Å². The molecular weight excluding hydrogens is 293 g/mol. The van der Waals surface area contributed by atoms with Gasteiger partial charge in [0.25, 0.3) is 0 Å².